The molecule has 1 aliphatic rings. The first-order chi connectivity index (χ1) is 10.0. The summed E-state index contributed by atoms with van der Waals surface area (Å²) in [6.07, 6.45) is 1.49. The summed E-state index contributed by atoms with van der Waals surface area (Å²) in [5, 5.41) is 14.2. The second kappa shape index (κ2) is 6.39. The van der Waals surface area contributed by atoms with Gasteiger partial charge in [-0.3, -0.25) is 14.4 Å². The van der Waals surface area contributed by atoms with Gasteiger partial charge in [-0.25, -0.2) is 0 Å². The monoisotopic (exact) mass is 290 g/mol. The van der Waals surface area contributed by atoms with E-state index < -0.39 is 11.9 Å². The van der Waals surface area contributed by atoms with Gasteiger partial charge in [-0.05, 0) is 37.5 Å². The van der Waals surface area contributed by atoms with E-state index in [-0.39, 0.29) is 17.7 Å². The van der Waals surface area contributed by atoms with E-state index >= 15 is 0 Å². The number of rotatable bonds is 4. The summed E-state index contributed by atoms with van der Waals surface area (Å²) in [7, 11) is 1.54. The van der Waals surface area contributed by atoms with Gasteiger partial charge in [0.1, 0.15) is 0 Å². The summed E-state index contributed by atoms with van der Waals surface area (Å²) in [6.45, 7) is 0. The lowest BCUT2D eigenvalue weighted by atomic mass is 10.0. The van der Waals surface area contributed by atoms with Crippen LogP contribution in [0.2, 0.25) is 0 Å². The third-order valence-corrected chi connectivity index (χ3v) is 3.77. The summed E-state index contributed by atoms with van der Waals surface area (Å²) in [5.74, 6) is -1.97. The van der Waals surface area contributed by atoms with Crippen LogP contribution < -0.4 is 10.6 Å². The van der Waals surface area contributed by atoms with E-state index in [1.165, 1.54) is 7.05 Å². The lowest BCUT2D eigenvalue weighted by Crippen LogP contribution is -2.22. The molecule has 2 amide bonds. The first-order valence-electron chi connectivity index (χ1n) is 6.87. The molecule has 0 radical (unpaired) electrons. The first kappa shape index (κ1) is 15.0. The van der Waals surface area contributed by atoms with E-state index in [1.807, 2.05) is 0 Å². The lowest BCUT2D eigenvalue weighted by molar-refractivity contribution is -0.141. The van der Waals surface area contributed by atoms with Gasteiger partial charge in [-0.15, -0.1) is 0 Å². The molecule has 0 spiro atoms. The van der Waals surface area contributed by atoms with Crippen molar-refractivity contribution in [3.05, 3.63) is 29.8 Å². The van der Waals surface area contributed by atoms with Crippen LogP contribution in [0.4, 0.5) is 5.69 Å². The van der Waals surface area contributed by atoms with Gasteiger partial charge in [0.15, 0.2) is 0 Å². The number of hydrogen-bond acceptors (Lipinski definition) is 3. The molecule has 1 aliphatic carbocycles. The van der Waals surface area contributed by atoms with Crippen molar-refractivity contribution in [1.82, 2.24) is 5.32 Å². The molecule has 1 fully saturated rings. The molecule has 21 heavy (non-hydrogen) atoms. The number of carboxylic acids is 1. The number of amides is 2. The van der Waals surface area contributed by atoms with Gasteiger partial charge in [-0.2, -0.15) is 0 Å². The number of anilines is 1. The van der Waals surface area contributed by atoms with Crippen LogP contribution >= 0.6 is 0 Å². The SMILES string of the molecule is CNC(=O)c1cccc(NC(=O)[C@@H]2CC[C@H](C(=O)O)C2)c1. The Kier molecular flexibility index (Phi) is 4.57. The van der Waals surface area contributed by atoms with Crippen LogP contribution in [-0.2, 0) is 9.59 Å². The summed E-state index contributed by atoms with van der Waals surface area (Å²) in [6, 6.07) is 6.65. The number of nitrogens with one attached hydrogen (secondary N) is 2. The van der Waals surface area contributed by atoms with E-state index in [0.29, 0.717) is 30.5 Å². The molecule has 3 N–H and O–H groups in total. The average Bonchev–Trinajstić information content (AvgIpc) is 2.97. The van der Waals surface area contributed by atoms with Gasteiger partial charge < -0.3 is 15.7 Å². The largest absolute Gasteiger partial charge is 0.481 e. The Morgan fingerprint density at radius 1 is 1.19 bits per heavy atom. The van der Waals surface area contributed by atoms with E-state index in [1.54, 1.807) is 24.3 Å². The molecule has 0 saturated heterocycles. The Hall–Kier alpha value is -2.37. The Bertz CT molecular complexity index is 571. The minimum atomic E-state index is -0.841. The molecule has 6 heteroatoms. The summed E-state index contributed by atoms with van der Waals surface area (Å²) in [5.41, 5.74) is 1.00. The molecule has 0 aromatic heterocycles. The van der Waals surface area contributed by atoms with Crippen molar-refractivity contribution in [3.8, 4) is 0 Å². The minimum Gasteiger partial charge on any atom is -0.481 e. The minimum absolute atomic E-state index is 0.187. The number of aliphatic carboxylic acids is 1. The third kappa shape index (κ3) is 3.59. The Labute approximate surface area is 122 Å². The zero-order valence-corrected chi connectivity index (χ0v) is 11.8. The highest BCUT2D eigenvalue weighted by Gasteiger charge is 2.33. The number of carbonyl (C=O) groups excluding carboxylic acids is 2. The number of carbonyl (C=O) groups is 3. The number of hydrogen-bond donors (Lipinski definition) is 3. The van der Waals surface area contributed by atoms with Crippen molar-refractivity contribution in [2.75, 3.05) is 12.4 Å². The second-order valence-electron chi connectivity index (χ2n) is 5.19. The molecular formula is C15H18N2O4. The van der Waals surface area contributed by atoms with Gasteiger partial charge >= 0.3 is 5.97 Å². The van der Waals surface area contributed by atoms with Gasteiger partial charge in [0.05, 0.1) is 5.92 Å². The molecule has 0 aliphatic heterocycles. The average molecular weight is 290 g/mol. The first-order valence-corrected chi connectivity index (χ1v) is 6.87. The van der Waals surface area contributed by atoms with Crippen LogP contribution in [0.15, 0.2) is 24.3 Å². The van der Waals surface area contributed by atoms with Crippen LogP contribution in [-0.4, -0.2) is 29.9 Å². The fourth-order valence-electron chi connectivity index (χ4n) is 2.57. The molecule has 6 nitrogen and oxygen atoms in total. The van der Waals surface area contributed by atoms with Crippen LogP contribution in [0.25, 0.3) is 0 Å². The fourth-order valence-corrected chi connectivity index (χ4v) is 2.57. The highest BCUT2D eigenvalue weighted by Crippen LogP contribution is 2.31. The number of benzene rings is 1. The van der Waals surface area contributed by atoms with Crippen molar-refractivity contribution >= 4 is 23.5 Å². The molecule has 0 bridgehead atoms. The Morgan fingerprint density at radius 3 is 2.52 bits per heavy atom. The second-order valence-corrected chi connectivity index (χ2v) is 5.19. The molecule has 0 heterocycles. The normalized spacial score (nSPS) is 20.8. The van der Waals surface area contributed by atoms with Crippen LogP contribution in [0.1, 0.15) is 29.6 Å². The topological polar surface area (TPSA) is 95.5 Å². The molecule has 0 unspecified atom stereocenters. The van der Waals surface area contributed by atoms with E-state index in [4.69, 9.17) is 5.11 Å². The van der Waals surface area contributed by atoms with Crippen LogP contribution in [0.5, 0.6) is 0 Å². The fraction of sp³-hybridized carbons (Fsp3) is 0.400. The van der Waals surface area contributed by atoms with Crippen molar-refractivity contribution in [2.24, 2.45) is 11.8 Å². The number of carboxylic acid groups (broad SMARTS) is 1. The lowest BCUT2D eigenvalue weighted by Gasteiger charge is -2.11. The van der Waals surface area contributed by atoms with Crippen LogP contribution in [0, 0.1) is 11.8 Å². The van der Waals surface area contributed by atoms with Crippen molar-refractivity contribution in [2.45, 2.75) is 19.3 Å². The molecule has 2 rings (SSSR count). The van der Waals surface area contributed by atoms with E-state index in [0.717, 1.165) is 0 Å². The summed E-state index contributed by atoms with van der Waals surface area (Å²) in [4.78, 5) is 34.6. The maximum atomic E-state index is 12.1. The van der Waals surface area contributed by atoms with E-state index in [2.05, 4.69) is 10.6 Å². The van der Waals surface area contributed by atoms with Crippen LogP contribution in [0.3, 0.4) is 0 Å². The van der Waals surface area contributed by atoms with Gasteiger partial charge in [-0.1, -0.05) is 6.07 Å². The molecular weight excluding hydrogens is 272 g/mol. The quantitative estimate of drug-likeness (QED) is 0.782. The zero-order chi connectivity index (χ0) is 15.4. The smallest absolute Gasteiger partial charge is 0.306 e. The molecule has 1 aromatic carbocycles. The zero-order valence-electron chi connectivity index (χ0n) is 11.8. The maximum Gasteiger partial charge on any atom is 0.306 e. The molecule has 2 atom stereocenters. The maximum absolute atomic E-state index is 12.1. The predicted octanol–water partition coefficient (Wildman–Crippen LogP) is 1.49. The molecule has 1 saturated carbocycles. The summed E-state index contributed by atoms with van der Waals surface area (Å²) < 4.78 is 0. The molecule has 1 aromatic rings. The van der Waals surface area contributed by atoms with Gasteiger partial charge in [0.2, 0.25) is 5.91 Å². The third-order valence-electron chi connectivity index (χ3n) is 3.77. The van der Waals surface area contributed by atoms with E-state index in [9.17, 15) is 14.4 Å². The Balaban J connectivity index is 2.00. The Morgan fingerprint density at radius 2 is 1.90 bits per heavy atom. The summed E-state index contributed by atoms with van der Waals surface area (Å²) >= 11 is 0. The van der Waals surface area contributed by atoms with Crippen molar-refractivity contribution < 1.29 is 19.5 Å². The standard InChI is InChI=1S/C15H18N2O4/c1-16-13(18)9-3-2-4-12(8-9)17-14(19)10-5-6-11(7-10)15(20)21/h2-4,8,10-11H,5-7H2,1H3,(H,16,18)(H,17,19)(H,20,21)/t10-,11+/m1/s1. The highest BCUT2D eigenvalue weighted by molar-refractivity contribution is 5.97. The van der Waals surface area contributed by atoms with Crippen molar-refractivity contribution in [3.63, 3.8) is 0 Å². The molecule has 112 valence electrons. The highest BCUT2D eigenvalue weighted by atomic mass is 16.4. The van der Waals surface area contributed by atoms with Gasteiger partial charge in [0, 0.05) is 24.2 Å². The van der Waals surface area contributed by atoms with Crippen molar-refractivity contribution in [1.29, 1.82) is 0 Å². The van der Waals surface area contributed by atoms with Gasteiger partial charge in [0.25, 0.3) is 5.91 Å². The predicted molar refractivity (Wildman–Crippen MR) is 76.9 cm³/mol.